The maximum absolute atomic E-state index is 11.7. The summed E-state index contributed by atoms with van der Waals surface area (Å²) < 4.78 is 0. The van der Waals surface area contributed by atoms with Gasteiger partial charge in [-0.3, -0.25) is 4.79 Å². The predicted molar refractivity (Wildman–Crippen MR) is 72.1 cm³/mol. The number of rotatable bonds is 6. The summed E-state index contributed by atoms with van der Waals surface area (Å²) in [6.07, 6.45) is 1.45. The molecule has 0 atom stereocenters. The van der Waals surface area contributed by atoms with Crippen molar-refractivity contribution in [3.05, 3.63) is 28.8 Å². The van der Waals surface area contributed by atoms with Gasteiger partial charge in [-0.1, -0.05) is 11.6 Å². The summed E-state index contributed by atoms with van der Waals surface area (Å²) in [5.41, 5.74) is 0.165. The molecule has 5 nitrogen and oxygen atoms in total. The summed E-state index contributed by atoms with van der Waals surface area (Å²) in [5.74, 6) is -2.22. The molecule has 0 saturated heterocycles. The van der Waals surface area contributed by atoms with Crippen LogP contribution in [-0.2, 0) is 0 Å². The molecule has 1 aromatic rings. The topological polar surface area (TPSA) is 89.8 Å². The number of phenols is 1. The Morgan fingerprint density at radius 1 is 1.37 bits per heavy atom. The Kier molecular flexibility index (Phi) is 5.60. The summed E-state index contributed by atoms with van der Waals surface area (Å²) in [6.45, 7) is 1.72. The molecule has 1 amide bonds. The van der Waals surface area contributed by atoms with Crippen molar-refractivity contribution < 1.29 is 20.1 Å². The Labute approximate surface area is 116 Å². The van der Waals surface area contributed by atoms with Gasteiger partial charge < -0.3 is 20.6 Å². The van der Waals surface area contributed by atoms with E-state index >= 15 is 0 Å². The fourth-order valence-corrected chi connectivity index (χ4v) is 1.75. The maximum Gasteiger partial charge on any atom is 0.255 e. The van der Waals surface area contributed by atoms with Crippen molar-refractivity contribution in [1.82, 2.24) is 5.32 Å². The standard InChI is InChI=1S/C13H18ClNO4/c1-13(18,19)6-2-3-7-15-12(17)10-5-4-9(14)8-11(10)16/h4-5,8,16,18-19H,2-3,6-7H2,1H3,(H,15,17). The van der Waals surface area contributed by atoms with Gasteiger partial charge >= 0.3 is 0 Å². The van der Waals surface area contributed by atoms with Gasteiger partial charge in [-0.25, -0.2) is 0 Å². The van der Waals surface area contributed by atoms with Gasteiger partial charge in [0.05, 0.1) is 5.56 Å². The van der Waals surface area contributed by atoms with Crippen molar-refractivity contribution in [2.45, 2.75) is 32.0 Å². The summed E-state index contributed by atoms with van der Waals surface area (Å²) in [4.78, 5) is 11.7. The summed E-state index contributed by atoms with van der Waals surface area (Å²) in [7, 11) is 0. The first kappa shape index (κ1) is 15.8. The third-order valence-corrected chi connectivity index (χ3v) is 2.80. The van der Waals surface area contributed by atoms with Crippen LogP contribution in [-0.4, -0.2) is 33.6 Å². The molecule has 0 unspecified atom stereocenters. The molecule has 0 radical (unpaired) electrons. The predicted octanol–water partition coefficient (Wildman–Crippen LogP) is 1.65. The van der Waals surface area contributed by atoms with E-state index in [-0.39, 0.29) is 23.6 Å². The molecule has 0 aliphatic carbocycles. The highest BCUT2D eigenvalue weighted by atomic mass is 35.5. The number of phenolic OH excluding ortho intramolecular Hbond substituents is 1. The zero-order valence-electron chi connectivity index (χ0n) is 10.7. The lowest BCUT2D eigenvalue weighted by atomic mass is 10.1. The maximum atomic E-state index is 11.7. The number of hydrogen-bond donors (Lipinski definition) is 4. The number of carbonyl (C=O) groups is 1. The second-order valence-electron chi connectivity index (χ2n) is 4.59. The minimum Gasteiger partial charge on any atom is -0.507 e. The van der Waals surface area contributed by atoms with Gasteiger partial charge in [0.25, 0.3) is 5.91 Å². The van der Waals surface area contributed by atoms with E-state index in [1.54, 1.807) is 0 Å². The fraction of sp³-hybridized carbons (Fsp3) is 0.462. The lowest BCUT2D eigenvalue weighted by Gasteiger charge is -2.15. The van der Waals surface area contributed by atoms with Crippen molar-refractivity contribution in [3.63, 3.8) is 0 Å². The minimum absolute atomic E-state index is 0.164. The van der Waals surface area contributed by atoms with Gasteiger partial charge in [0.1, 0.15) is 5.75 Å². The Hall–Kier alpha value is -1.30. The van der Waals surface area contributed by atoms with Crippen LogP contribution in [0.5, 0.6) is 5.75 Å². The molecule has 0 aromatic heterocycles. The zero-order valence-corrected chi connectivity index (χ0v) is 11.4. The first-order chi connectivity index (χ1) is 8.79. The highest BCUT2D eigenvalue weighted by molar-refractivity contribution is 6.30. The van der Waals surface area contributed by atoms with Gasteiger partial charge in [-0.15, -0.1) is 0 Å². The zero-order chi connectivity index (χ0) is 14.5. The molecular formula is C13H18ClNO4. The number of aromatic hydroxyl groups is 1. The quantitative estimate of drug-likeness (QED) is 0.473. The largest absolute Gasteiger partial charge is 0.507 e. The van der Waals surface area contributed by atoms with E-state index in [0.29, 0.717) is 24.4 Å². The van der Waals surface area contributed by atoms with Crippen LogP contribution < -0.4 is 5.32 Å². The van der Waals surface area contributed by atoms with E-state index in [4.69, 9.17) is 21.8 Å². The molecule has 4 N–H and O–H groups in total. The molecule has 1 rings (SSSR count). The first-order valence-corrected chi connectivity index (χ1v) is 6.39. The third kappa shape index (κ3) is 5.92. The Morgan fingerprint density at radius 2 is 2.05 bits per heavy atom. The van der Waals surface area contributed by atoms with Gasteiger partial charge in [-0.05, 0) is 38.0 Å². The Bertz CT molecular complexity index is 443. The number of carbonyl (C=O) groups excluding carboxylic acids is 1. The average Bonchev–Trinajstić information content (AvgIpc) is 2.26. The average molecular weight is 288 g/mol. The Morgan fingerprint density at radius 3 is 2.63 bits per heavy atom. The number of hydrogen-bond acceptors (Lipinski definition) is 4. The summed E-state index contributed by atoms with van der Waals surface area (Å²) >= 11 is 5.67. The first-order valence-electron chi connectivity index (χ1n) is 6.01. The number of amides is 1. The Balaban J connectivity index is 2.36. The van der Waals surface area contributed by atoms with E-state index in [1.807, 2.05) is 0 Å². The molecular weight excluding hydrogens is 270 g/mol. The normalized spacial score (nSPS) is 11.4. The van der Waals surface area contributed by atoms with Gasteiger partial charge in [0, 0.05) is 18.0 Å². The van der Waals surface area contributed by atoms with E-state index in [2.05, 4.69) is 5.32 Å². The number of aliphatic hydroxyl groups is 2. The van der Waals surface area contributed by atoms with E-state index in [0.717, 1.165) is 0 Å². The summed E-state index contributed by atoms with van der Waals surface area (Å²) in [6, 6.07) is 4.28. The number of benzene rings is 1. The van der Waals surface area contributed by atoms with Crippen LogP contribution in [0.25, 0.3) is 0 Å². The van der Waals surface area contributed by atoms with Crippen LogP contribution in [0.4, 0.5) is 0 Å². The second-order valence-corrected chi connectivity index (χ2v) is 5.03. The molecule has 0 aliphatic rings. The van der Waals surface area contributed by atoms with Crippen molar-refractivity contribution >= 4 is 17.5 Å². The summed E-state index contributed by atoms with van der Waals surface area (Å²) in [5, 5.41) is 30.7. The number of halogens is 1. The fourth-order valence-electron chi connectivity index (χ4n) is 1.58. The van der Waals surface area contributed by atoms with Crippen LogP contribution in [0.1, 0.15) is 36.5 Å². The van der Waals surface area contributed by atoms with Crippen LogP contribution in [0.2, 0.25) is 5.02 Å². The highest BCUT2D eigenvalue weighted by Crippen LogP contribution is 2.21. The molecule has 0 heterocycles. The van der Waals surface area contributed by atoms with E-state index < -0.39 is 5.79 Å². The van der Waals surface area contributed by atoms with Crippen molar-refractivity contribution in [2.75, 3.05) is 6.54 Å². The third-order valence-electron chi connectivity index (χ3n) is 2.57. The smallest absolute Gasteiger partial charge is 0.255 e. The molecule has 0 aliphatic heterocycles. The van der Waals surface area contributed by atoms with Crippen molar-refractivity contribution in [1.29, 1.82) is 0 Å². The molecule has 6 heteroatoms. The number of nitrogens with one attached hydrogen (secondary N) is 1. The van der Waals surface area contributed by atoms with Crippen LogP contribution >= 0.6 is 11.6 Å². The molecule has 0 bridgehead atoms. The molecule has 0 fully saturated rings. The monoisotopic (exact) mass is 287 g/mol. The van der Waals surface area contributed by atoms with Crippen molar-refractivity contribution in [2.24, 2.45) is 0 Å². The lowest BCUT2D eigenvalue weighted by Crippen LogP contribution is -2.26. The van der Waals surface area contributed by atoms with Gasteiger partial charge in [-0.2, -0.15) is 0 Å². The molecule has 19 heavy (non-hydrogen) atoms. The van der Waals surface area contributed by atoms with Crippen LogP contribution in [0.3, 0.4) is 0 Å². The molecule has 0 saturated carbocycles. The lowest BCUT2D eigenvalue weighted by molar-refractivity contribution is -0.150. The second kappa shape index (κ2) is 6.75. The molecule has 1 aromatic carbocycles. The molecule has 0 spiro atoms. The van der Waals surface area contributed by atoms with Crippen LogP contribution in [0.15, 0.2) is 18.2 Å². The molecule has 106 valence electrons. The SMILES string of the molecule is CC(O)(O)CCCCNC(=O)c1ccc(Cl)cc1O. The number of unbranched alkanes of at least 4 members (excludes halogenated alkanes) is 1. The van der Waals surface area contributed by atoms with Gasteiger partial charge in [0.2, 0.25) is 0 Å². The van der Waals surface area contributed by atoms with E-state index in [9.17, 15) is 9.90 Å². The van der Waals surface area contributed by atoms with E-state index in [1.165, 1.54) is 25.1 Å². The van der Waals surface area contributed by atoms with Gasteiger partial charge in [0.15, 0.2) is 5.79 Å². The minimum atomic E-state index is -1.67. The van der Waals surface area contributed by atoms with Crippen LogP contribution in [0, 0.1) is 0 Å². The highest BCUT2D eigenvalue weighted by Gasteiger charge is 2.14. The van der Waals surface area contributed by atoms with Crippen molar-refractivity contribution in [3.8, 4) is 5.75 Å².